The molecule has 0 spiro atoms. The molecule has 2 heterocycles. The lowest BCUT2D eigenvalue weighted by atomic mass is 9.85. The molecule has 0 bridgehead atoms. The van der Waals surface area contributed by atoms with Crippen molar-refractivity contribution in [3.8, 4) is 5.75 Å². The molecule has 6 heteroatoms. The lowest BCUT2D eigenvalue weighted by molar-refractivity contribution is -0.135. The predicted molar refractivity (Wildman–Crippen MR) is 91.1 cm³/mol. The van der Waals surface area contributed by atoms with Gasteiger partial charge >= 0.3 is 0 Å². The second-order valence-electron chi connectivity index (χ2n) is 7.02. The molecule has 0 saturated heterocycles. The zero-order chi connectivity index (χ0) is 17.2. The van der Waals surface area contributed by atoms with Gasteiger partial charge in [-0.1, -0.05) is 29.8 Å². The van der Waals surface area contributed by atoms with Crippen molar-refractivity contribution >= 4 is 5.91 Å². The zero-order valence-electron chi connectivity index (χ0n) is 14.5. The first kappa shape index (κ1) is 16.1. The van der Waals surface area contributed by atoms with Gasteiger partial charge in [0.15, 0.2) is 5.82 Å². The monoisotopic (exact) mass is 341 g/mol. The number of aromatic nitrogens is 2. The fraction of sp³-hybridized carbons (Fsp3) is 0.526. The predicted octanol–water partition coefficient (Wildman–Crippen LogP) is 2.94. The highest BCUT2D eigenvalue weighted by Gasteiger charge is 2.28. The molecule has 1 saturated carbocycles. The Hall–Kier alpha value is -2.37. The summed E-state index contributed by atoms with van der Waals surface area (Å²) in [6, 6.07) is 7.95. The third-order valence-corrected chi connectivity index (χ3v) is 5.21. The number of hydrogen-bond donors (Lipinski definition) is 0. The largest absolute Gasteiger partial charge is 0.493 e. The molecule has 25 heavy (non-hydrogen) atoms. The van der Waals surface area contributed by atoms with Gasteiger partial charge in [-0.25, -0.2) is 0 Å². The number of benzene rings is 1. The highest BCUT2D eigenvalue weighted by Crippen LogP contribution is 2.35. The van der Waals surface area contributed by atoms with Crippen molar-refractivity contribution in [2.24, 2.45) is 5.92 Å². The van der Waals surface area contributed by atoms with Crippen LogP contribution in [-0.4, -0.2) is 34.6 Å². The second-order valence-corrected chi connectivity index (χ2v) is 7.02. The van der Waals surface area contributed by atoms with E-state index in [0.717, 1.165) is 36.5 Å². The van der Waals surface area contributed by atoms with Crippen LogP contribution < -0.4 is 4.74 Å². The van der Waals surface area contributed by atoms with Crippen LogP contribution in [-0.2, 0) is 17.8 Å². The Bertz CT molecular complexity index is 754. The van der Waals surface area contributed by atoms with Crippen molar-refractivity contribution < 1.29 is 14.1 Å². The van der Waals surface area contributed by atoms with Gasteiger partial charge in [0, 0.05) is 18.9 Å². The smallest absolute Gasteiger partial charge is 0.229 e. The number of amides is 1. The number of carbonyl (C=O) groups excluding carboxylic acids is 1. The van der Waals surface area contributed by atoms with Crippen LogP contribution in [0.1, 0.15) is 48.9 Å². The Morgan fingerprint density at radius 2 is 2.12 bits per heavy atom. The van der Waals surface area contributed by atoms with E-state index < -0.39 is 0 Å². The van der Waals surface area contributed by atoms with Crippen molar-refractivity contribution in [2.75, 3.05) is 13.7 Å². The summed E-state index contributed by atoms with van der Waals surface area (Å²) in [5, 5.41) is 4.04. The summed E-state index contributed by atoms with van der Waals surface area (Å²) in [5.74, 6) is 2.64. The minimum Gasteiger partial charge on any atom is -0.493 e. The minimum atomic E-state index is -0.0772. The maximum absolute atomic E-state index is 12.9. The van der Waals surface area contributed by atoms with Crippen LogP contribution >= 0.6 is 0 Å². The molecule has 1 aromatic carbocycles. The Kier molecular flexibility index (Phi) is 4.42. The first-order valence-electron chi connectivity index (χ1n) is 8.99. The van der Waals surface area contributed by atoms with E-state index in [0.29, 0.717) is 31.3 Å². The summed E-state index contributed by atoms with van der Waals surface area (Å²) >= 11 is 0. The van der Waals surface area contributed by atoms with Crippen molar-refractivity contribution in [3.05, 3.63) is 41.5 Å². The van der Waals surface area contributed by atoms with E-state index in [2.05, 4.69) is 10.1 Å². The lowest BCUT2D eigenvalue weighted by Crippen LogP contribution is -2.34. The van der Waals surface area contributed by atoms with E-state index in [-0.39, 0.29) is 11.8 Å². The highest BCUT2D eigenvalue weighted by molar-refractivity contribution is 5.79. The maximum atomic E-state index is 12.9. The van der Waals surface area contributed by atoms with Crippen LogP contribution in [0.5, 0.6) is 5.75 Å². The molecule has 1 fully saturated rings. The summed E-state index contributed by atoms with van der Waals surface area (Å²) in [5.41, 5.74) is 1.10. The quantitative estimate of drug-likeness (QED) is 0.855. The molecule has 1 aromatic heterocycles. The standard InChI is InChI=1S/C19H23N3O3/c1-22(12-17-20-18(25-21-17)13-6-4-7-13)19(23)15-9-10-24-16-8-3-2-5-14(16)11-15/h2-3,5,8,13,15H,4,6-7,9-12H2,1H3/t15-/m1/s1. The molecular formula is C19H23N3O3. The molecule has 0 N–H and O–H groups in total. The normalized spacial score (nSPS) is 20.1. The number of hydrogen-bond acceptors (Lipinski definition) is 5. The second kappa shape index (κ2) is 6.86. The zero-order valence-corrected chi connectivity index (χ0v) is 14.5. The molecule has 6 nitrogen and oxygen atoms in total. The SMILES string of the molecule is CN(Cc1noc(C2CCC2)n1)C(=O)[C@@H]1CCOc2ccccc2C1. The van der Waals surface area contributed by atoms with Gasteiger partial charge in [0.25, 0.3) is 0 Å². The molecule has 0 unspecified atom stereocenters. The molecule has 132 valence electrons. The van der Waals surface area contributed by atoms with Crippen LogP contribution in [0.15, 0.2) is 28.8 Å². The van der Waals surface area contributed by atoms with Gasteiger partial charge in [0.2, 0.25) is 11.8 Å². The molecule has 1 aliphatic heterocycles. The average Bonchev–Trinajstić information content (AvgIpc) is 2.89. The van der Waals surface area contributed by atoms with E-state index >= 15 is 0 Å². The van der Waals surface area contributed by atoms with Crippen molar-refractivity contribution in [1.82, 2.24) is 15.0 Å². The van der Waals surface area contributed by atoms with Crippen molar-refractivity contribution in [3.63, 3.8) is 0 Å². The number of fused-ring (bicyclic) bond motifs is 1. The summed E-state index contributed by atoms with van der Waals surface area (Å²) in [6.45, 7) is 0.948. The van der Waals surface area contributed by atoms with Gasteiger partial charge in [0.1, 0.15) is 5.75 Å². The topological polar surface area (TPSA) is 68.5 Å². The van der Waals surface area contributed by atoms with Gasteiger partial charge in [0.05, 0.1) is 13.2 Å². The van der Waals surface area contributed by atoms with Crippen molar-refractivity contribution in [2.45, 2.75) is 44.6 Å². The van der Waals surface area contributed by atoms with Crippen LogP contribution in [0.25, 0.3) is 0 Å². The first-order chi connectivity index (χ1) is 12.2. The molecule has 1 amide bonds. The van der Waals surface area contributed by atoms with Gasteiger partial charge in [-0.2, -0.15) is 4.98 Å². The number of nitrogens with zero attached hydrogens (tertiary/aromatic N) is 3. The summed E-state index contributed by atoms with van der Waals surface area (Å²) < 4.78 is 11.1. The van der Waals surface area contributed by atoms with E-state index in [1.54, 1.807) is 11.9 Å². The van der Waals surface area contributed by atoms with E-state index in [1.807, 2.05) is 24.3 Å². The third-order valence-electron chi connectivity index (χ3n) is 5.21. The van der Waals surface area contributed by atoms with Crippen LogP contribution in [0.2, 0.25) is 0 Å². The molecular weight excluding hydrogens is 318 g/mol. The molecule has 4 rings (SSSR count). The third kappa shape index (κ3) is 3.38. The van der Waals surface area contributed by atoms with Gasteiger partial charge in [-0.3, -0.25) is 4.79 Å². The van der Waals surface area contributed by atoms with Gasteiger partial charge in [-0.05, 0) is 37.3 Å². The van der Waals surface area contributed by atoms with Crippen LogP contribution in [0, 0.1) is 5.92 Å². The Balaban J connectivity index is 1.40. The minimum absolute atomic E-state index is 0.0772. The molecule has 0 radical (unpaired) electrons. The molecule has 2 aliphatic rings. The molecule has 1 aliphatic carbocycles. The fourth-order valence-electron chi connectivity index (χ4n) is 3.46. The summed E-state index contributed by atoms with van der Waals surface area (Å²) in [7, 11) is 1.80. The number of carbonyl (C=O) groups is 1. The number of rotatable bonds is 4. The van der Waals surface area contributed by atoms with Gasteiger partial charge < -0.3 is 14.2 Å². The highest BCUT2D eigenvalue weighted by atomic mass is 16.5. The van der Waals surface area contributed by atoms with Crippen molar-refractivity contribution in [1.29, 1.82) is 0 Å². The fourth-order valence-corrected chi connectivity index (χ4v) is 3.46. The number of ether oxygens (including phenoxy) is 1. The van der Waals surface area contributed by atoms with E-state index in [1.165, 1.54) is 6.42 Å². The maximum Gasteiger partial charge on any atom is 0.229 e. The van der Waals surface area contributed by atoms with Crippen LogP contribution in [0.3, 0.4) is 0 Å². The lowest BCUT2D eigenvalue weighted by Gasteiger charge is -2.21. The summed E-state index contributed by atoms with van der Waals surface area (Å²) in [4.78, 5) is 19.0. The van der Waals surface area contributed by atoms with Crippen LogP contribution in [0.4, 0.5) is 0 Å². The molecule has 2 aromatic rings. The Morgan fingerprint density at radius 1 is 1.28 bits per heavy atom. The first-order valence-corrected chi connectivity index (χ1v) is 8.99. The Morgan fingerprint density at radius 3 is 2.92 bits per heavy atom. The van der Waals surface area contributed by atoms with E-state index in [4.69, 9.17) is 9.26 Å². The van der Waals surface area contributed by atoms with Gasteiger partial charge in [-0.15, -0.1) is 0 Å². The Labute approximate surface area is 147 Å². The average molecular weight is 341 g/mol. The van der Waals surface area contributed by atoms with E-state index in [9.17, 15) is 4.79 Å². The molecule has 1 atom stereocenters. The number of para-hydroxylation sites is 1. The summed E-state index contributed by atoms with van der Waals surface area (Å²) in [6.07, 6.45) is 4.90.